The average Bonchev–Trinajstić information content (AvgIpc) is 2.21. The highest BCUT2D eigenvalue weighted by Gasteiger charge is 2.21. The first-order valence-electron chi connectivity index (χ1n) is 5.74. The van der Waals surface area contributed by atoms with E-state index >= 15 is 0 Å². The Kier molecular flexibility index (Phi) is 5.57. The lowest BCUT2D eigenvalue weighted by atomic mass is 9.98. The molecule has 14 heavy (non-hydrogen) atoms. The van der Waals surface area contributed by atoms with Gasteiger partial charge in [-0.2, -0.15) is 0 Å². The number of piperidine rings is 1. The first-order chi connectivity index (χ1) is 6.77. The number of likely N-dealkylation sites (tertiary alicyclic amines) is 1. The Morgan fingerprint density at radius 2 is 2.29 bits per heavy atom. The number of hydrogen-bond donors (Lipinski definition) is 0. The summed E-state index contributed by atoms with van der Waals surface area (Å²) in [6.07, 6.45) is 6.72. The molecule has 0 saturated carbocycles. The van der Waals surface area contributed by atoms with E-state index in [4.69, 9.17) is 11.6 Å². The molecule has 0 spiro atoms. The van der Waals surface area contributed by atoms with Crippen LogP contribution in [0.3, 0.4) is 0 Å². The third-order valence-corrected chi connectivity index (χ3v) is 3.36. The minimum atomic E-state index is 0.606. The van der Waals surface area contributed by atoms with E-state index in [9.17, 15) is 0 Å². The van der Waals surface area contributed by atoms with Crippen LogP contribution in [0.25, 0.3) is 0 Å². The monoisotopic (exact) mass is 215 g/mol. The summed E-state index contributed by atoms with van der Waals surface area (Å²) in [5.74, 6) is 0.606. The van der Waals surface area contributed by atoms with Gasteiger partial charge in [-0.1, -0.05) is 26.3 Å². The maximum absolute atomic E-state index is 5.77. The minimum absolute atomic E-state index is 0.606. The standard InChI is InChI=1S/C12H22ClN/c1-3-6-12-7-4-5-8-14(12)10-11(2)9-13/h12H,2-10H2,1H3. The fourth-order valence-corrected chi connectivity index (χ4v) is 2.34. The van der Waals surface area contributed by atoms with E-state index in [0.29, 0.717) is 5.88 Å². The van der Waals surface area contributed by atoms with Crippen molar-refractivity contribution in [3.8, 4) is 0 Å². The summed E-state index contributed by atoms with van der Waals surface area (Å²) in [6, 6.07) is 0.786. The molecule has 1 aliphatic heterocycles. The Labute approximate surface area is 93.1 Å². The maximum Gasteiger partial charge on any atom is 0.0443 e. The van der Waals surface area contributed by atoms with Gasteiger partial charge in [-0.25, -0.2) is 0 Å². The summed E-state index contributed by atoms with van der Waals surface area (Å²) in [5.41, 5.74) is 1.16. The van der Waals surface area contributed by atoms with Crippen LogP contribution in [-0.2, 0) is 0 Å². The molecule has 1 aliphatic rings. The summed E-state index contributed by atoms with van der Waals surface area (Å²) >= 11 is 5.77. The summed E-state index contributed by atoms with van der Waals surface area (Å²) in [7, 11) is 0. The van der Waals surface area contributed by atoms with Crippen molar-refractivity contribution in [3.63, 3.8) is 0 Å². The van der Waals surface area contributed by atoms with Gasteiger partial charge in [0.25, 0.3) is 0 Å². The molecule has 0 aliphatic carbocycles. The van der Waals surface area contributed by atoms with Crippen molar-refractivity contribution in [2.75, 3.05) is 19.0 Å². The Morgan fingerprint density at radius 3 is 2.93 bits per heavy atom. The summed E-state index contributed by atoms with van der Waals surface area (Å²) in [4.78, 5) is 2.57. The average molecular weight is 216 g/mol. The molecule has 1 saturated heterocycles. The smallest absolute Gasteiger partial charge is 0.0443 e. The van der Waals surface area contributed by atoms with Crippen LogP contribution in [0, 0.1) is 0 Å². The SMILES string of the molecule is C=C(CCl)CN1CCCCC1CCC. The third kappa shape index (κ3) is 3.62. The van der Waals surface area contributed by atoms with Gasteiger partial charge in [0.1, 0.15) is 0 Å². The van der Waals surface area contributed by atoms with Crippen LogP contribution >= 0.6 is 11.6 Å². The van der Waals surface area contributed by atoms with Crippen molar-refractivity contribution in [2.24, 2.45) is 0 Å². The molecular weight excluding hydrogens is 194 g/mol. The van der Waals surface area contributed by atoms with E-state index in [1.54, 1.807) is 0 Å². The van der Waals surface area contributed by atoms with Crippen LogP contribution in [0.5, 0.6) is 0 Å². The van der Waals surface area contributed by atoms with Crippen molar-refractivity contribution in [1.82, 2.24) is 4.90 Å². The van der Waals surface area contributed by atoms with Crippen molar-refractivity contribution in [2.45, 2.75) is 45.1 Å². The number of alkyl halides is 1. The second-order valence-electron chi connectivity index (χ2n) is 4.29. The molecule has 1 rings (SSSR count). The lowest BCUT2D eigenvalue weighted by Gasteiger charge is -2.36. The summed E-state index contributed by atoms with van der Waals surface area (Å²) in [6.45, 7) is 8.50. The van der Waals surface area contributed by atoms with Gasteiger partial charge >= 0.3 is 0 Å². The zero-order valence-electron chi connectivity index (χ0n) is 9.27. The number of nitrogens with zero attached hydrogens (tertiary/aromatic N) is 1. The second kappa shape index (κ2) is 6.47. The first kappa shape index (κ1) is 12.1. The zero-order valence-corrected chi connectivity index (χ0v) is 10.0. The molecule has 0 radical (unpaired) electrons. The van der Waals surface area contributed by atoms with Gasteiger partial charge in [-0.05, 0) is 31.4 Å². The lowest BCUT2D eigenvalue weighted by molar-refractivity contribution is 0.152. The van der Waals surface area contributed by atoms with Gasteiger partial charge in [0.2, 0.25) is 0 Å². The van der Waals surface area contributed by atoms with Gasteiger partial charge in [0, 0.05) is 18.5 Å². The first-order valence-corrected chi connectivity index (χ1v) is 6.28. The van der Waals surface area contributed by atoms with Crippen molar-refractivity contribution < 1.29 is 0 Å². The van der Waals surface area contributed by atoms with Crippen molar-refractivity contribution >= 4 is 11.6 Å². The van der Waals surface area contributed by atoms with Gasteiger partial charge < -0.3 is 0 Å². The highest BCUT2D eigenvalue weighted by molar-refractivity contribution is 6.19. The predicted octanol–water partition coefficient (Wildman–Crippen LogP) is 3.44. The highest BCUT2D eigenvalue weighted by Crippen LogP contribution is 2.21. The fourth-order valence-electron chi connectivity index (χ4n) is 2.26. The van der Waals surface area contributed by atoms with Crippen LogP contribution in [-0.4, -0.2) is 29.9 Å². The molecule has 0 N–H and O–H groups in total. The molecule has 1 unspecified atom stereocenters. The topological polar surface area (TPSA) is 3.24 Å². The van der Waals surface area contributed by atoms with Crippen molar-refractivity contribution in [3.05, 3.63) is 12.2 Å². The van der Waals surface area contributed by atoms with Gasteiger partial charge in [0.15, 0.2) is 0 Å². The molecule has 0 amide bonds. The maximum atomic E-state index is 5.77. The molecule has 0 aromatic rings. The number of halogens is 1. The lowest BCUT2D eigenvalue weighted by Crippen LogP contribution is -2.40. The van der Waals surface area contributed by atoms with Crippen LogP contribution in [0.1, 0.15) is 39.0 Å². The molecule has 82 valence electrons. The largest absolute Gasteiger partial charge is 0.296 e. The van der Waals surface area contributed by atoms with E-state index in [0.717, 1.165) is 18.2 Å². The van der Waals surface area contributed by atoms with Crippen LogP contribution < -0.4 is 0 Å². The molecule has 1 fully saturated rings. The van der Waals surface area contributed by atoms with Gasteiger partial charge in [-0.15, -0.1) is 11.6 Å². The number of hydrogen-bond acceptors (Lipinski definition) is 1. The number of rotatable bonds is 5. The molecule has 1 atom stereocenters. The van der Waals surface area contributed by atoms with Crippen molar-refractivity contribution in [1.29, 1.82) is 0 Å². The molecule has 0 bridgehead atoms. The van der Waals surface area contributed by atoms with E-state index in [1.807, 2.05) is 0 Å². The van der Waals surface area contributed by atoms with E-state index in [1.165, 1.54) is 38.6 Å². The van der Waals surface area contributed by atoms with Crippen LogP contribution in [0.15, 0.2) is 12.2 Å². The Morgan fingerprint density at radius 1 is 1.50 bits per heavy atom. The zero-order chi connectivity index (χ0) is 10.4. The van der Waals surface area contributed by atoms with E-state index < -0.39 is 0 Å². The molecule has 2 heteroatoms. The predicted molar refractivity (Wildman–Crippen MR) is 64.0 cm³/mol. The van der Waals surface area contributed by atoms with Gasteiger partial charge in [-0.3, -0.25) is 4.90 Å². The van der Waals surface area contributed by atoms with Crippen LogP contribution in [0.4, 0.5) is 0 Å². The van der Waals surface area contributed by atoms with E-state index in [2.05, 4.69) is 18.4 Å². The normalized spacial score (nSPS) is 23.7. The minimum Gasteiger partial charge on any atom is -0.296 e. The molecule has 1 nitrogen and oxygen atoms in total. The Bertz CT molecular complexity index is 177. The highest BCUT2D eigenvalue weighted by atomic mass is 35.5. The third-order valence-electron chi connectivity index (χ3n) is 2.99. The Balaban J connectivity index is 2.41. The Hall–Kier alpha value is -0.0100. The second-order valence-corrected chi connectivity index (χ2v) is 4.56. The molecule has 0 aromatic carbocycles. The molecular formula is C12H22ClN. The summed E-state index contributed by atoms with van der Waals surface area (Å²) in [5, 5.41) is 0. The fraction of sp³-hybridized carbons (Fsp3) is 0.833. The van der Waals surface area contributed by atoms with Crippen LogP contribution in [0.2, 0.25) is 0 Å². The molecule has 1 heterocycles. The molecule has 0 aromatic heterocycles. The summed E-state index contributed by atoms with van der Waals surface area (Å²) < 4.78 is 0. The quantitative estimate of drug-likeness (QED) is 0.502. The van der Waals surface area contributed by atoms with E-state index in [-0.39, 0.29) is 0 Å². The van der Waals surface area contributed by atoms with Gasteiger partial charge in [0.05, 0.1) is 0 Å².